The van der Waals surface area contributed by atoms with Gasteiger partial charge in [-0.25, -0.2) is 8.78 Å². The molecule has 1 aliphatic heterocycles. The van der Waals surface area contributed by atoms with E-state index in [9.17, 15) is 8.78 Å². The molecule has 0 aliphatic carbocycles. The Bertz CT molecular complexity index is 226. The molecule has 0 amide bonds. The lowest BCUT2D eigenvalue weighted by Crippen LogP contribution is -2.49. The largest absolute Gasteiger partial charge is 0.307 e. The predicted molar refractivity (Wildman–Crippen MR) is 67.5 cm³/mol. The van der Waals surface area contributed by atoms with E-state index in [1.54, 1.807) is 0 Å². The third-order valence-electron chi connectivity index (χ3n) is 3.18. The van der Waals surface area contributed by atoms with Crippen molar-refractivity contribution in [1.82, 2.24) is 10.2 Å². The summed E-state index contributed by atoms with van der Waals surface area (Å²) in [7, 11) is 2.08. The van der Waals surface area contributed by atoms with Crippen LogP contribution in [0.1, 0.15) is 33.6 Å². The zero-order valence-electron chi connectivity index (χ0n) is 11.5. The molecule has 1 saturated heterocycles. The Morgan fingerprint density at radius 3 is 2.47 bits per heavy atom. The van der Waals surface area contributed by atoms with Gasteiger partial charge >= 0.3 is 0 Å². The van der Waals surface area contributed by atoms with Crippen LogP contribution in [0.5, 0.6) is 0 Å². The smallest absolute Gasteiger partial charge is 0.250 e. The van der Waals surface area contributed by atoms with Crippen molar-refractivity contribution < 1.29 is 8.78 Å². The van der Waals surface area contributed by atoms with Crippen LogP contribution in [0.3, 0.4) is 0 Å². The molecule has 2 atom stereocenters. The van der Waals surface area contributed by atoms with Gasteiger partial charge in [0.15, 0.2) is 0 Å². The lowest BCUT2D eigenvalue weighted by Gasteiger charge is -2.38. The fraction of sp³-hybridized carbons (Fsp3) is 1.00. The Kier molecular flexibility index (Phi) is 5.32. The van der Waals surface area contributed by atoms with Crippen LogP contribution in [-0.2, 0) is 0 Å². The first-order chi connectivity index (χ1) is 7.76. The highest BCUT2D eigenvalue weighted by molar-refractivity contribution is 4.84. The number of nitrogens with one attached hydrogen (secondary N) is 1. The standard InChI is InChI=1S/C13H26F2N2/c1-13(2,3)6-10-5-11(9-17(4)8-10)16-7-12(14)15/h10-12,16H,5-9H2,1-4H3. The van der Waals surface area contributed by atoms with Gasteiger partial charge in [0.25, 0.3) is 6.43 Å². The second-order valence-electron chi connectivity index (χ2n) is 6.58. The summed E-state index contributed by atoms with van der Waals surface area (Å²) < 4.78 is 24.4. The van der Waals surface area contributed by atoms with Crippen LogP contribution in [0.25, 0.3) is 0 Å². The van der Waals surface area contributed by atoms with E-state index in [1.165, 1.54) is 0 Å². The number of nitrogens with zero attached hydrogens (tertiary/aromatic N) is 1. The molecule has 4 heteroatoms. The average molecular weight is 248 g/mol. The molecule has 1 heterocycles. The van der Waals surface area contributed by atoms with E-state index in [0.717, 1.165) is 25.9 Å². The van der Waals surface area contributed by atoms with Gasteiger partial charge in [0.2, 0.25) is 0 Å². The normalized spacial score (nSPS) is 27.7. The number of piperidine rings is 1. The van der Waals surface area contributed by atoms with Gasteiger partial charge in [0.05, 0.1) is 6.54 Å². The summed E-state index contributed by atoms with van der Waals surface area (Å²) in [5, 5.41) is 2.98. The number of halogens is 2. The molecule has 0 spiro atoms. The Morgan fingerprint density at radius 2 is 1.94 bits per heavy atom. The first-order valence-electron chi connectivity index (χ1n) is 6.46. The molecule has 2 unspecified atom stereocenters. The van der Waals surface area contributed by atoms with Crippen molar-refractivity contribution >= 4 is 0 Å². The molecule has 0 radical (unpaired) electrons. The van der Waals surface area contributed by atoms with E-state index >= 15 is 0 Å². The minimum Gasteiger partial charge on any atom is -0.307 e. The Balaban J connectivity index is 2.42. The van der Waals surface area contributed by atoms with Crippen molar-refractivity contribution in [2.24, 2.45) is 11.3 Å². The van der Waals surface area contributed by atoms with Crippen molar-refractivity contribution in [1.29, 1.82) is 0 Å². The molecule has 1 N–H and O–H groups in total. The summed E-state index contributed by atoms with van der Waals surface area (Å²) in [5.74, 6) is 0.615. The highest BCUT2D eigenvalue weighted by Gasteiger charge is 2.28. The molecule has 0 saturated carbocycles. The zero-order valence-corrected chi connectivity index (χ0v) is 11.5. The molecular formula is C13H26F2N2. The molecule has 0 bridgehead atoms. The average Bonchev–Trinajstić information content (AvgIpc) is 2.10. The van der Waals surface area contributed by atoms with Gasteiger partial charge in [-0.1, -0.05) is 20.8 Å². The molecule has 0 aromatic rings. The highest BCUT2D eigenvalue weighted by Crippen LogP contribution is 2.29. The van der Waals surface area contributed by atoms with Crippen LogP contribution in [0.15, 0.2) is 0 Å². The lowest BCUT2D eigenvalue weighted by molar-refractivity contribution is 0.107. The van der Waals surface area contributed by atoms with Crippen molar-refractivity contribution in [3.63, 3.8) is 0 Å². The summed E-state index contributed by atoms with van der Waals surface area (Å²) in [6.45, 7) is 8.51. The maximum atomic E-state index is 12.2. The van der Waals surface area contributed by atoms with Gasteiger partial charge in [0, 0.05) is 19.1 Å². The van der Waals surface area contributed by atoms with Gasteiger partial charge < -0.3 is 10.2 Å². The van der Waals surface area contributed by atoms with E-state index in [-0.39, 0.29) is 12.6 Å². The molecule has 1 aliphatic rings. The topological polar surface area (TPSA) is 15.3 Å². The third kappa shape index (κ3) is 6.32. The zero-order chi connectivity index (χ0) is 13.1. The maximum absolute atomic E-state index is 12.2. The number of likely N-dealkylation sites (tertiary alicyclic amines) is 1. The SMILES string of the molecule is CN1CC(CC(C)(C)C)CC(NCC(F)F)C1. The first kappa shape index (κ1) is 14.8. The van der Waals surface area contributed by atoms with Gasteiger partial charge in [0.1, 0.15) is 0 Å². The maximum Gasteiger partial charge on any atom is 0.250 e. The first-order valence-corrected chi connectivity index (χ1v) is 6.46. The molecule has 102 valence electrons. The van der Waals surface area contributed by atoms with Crippen LogP contribution < -0.4 is 5.32 Å². The molecule has 17 heavy (non-hydrogen) atoms. The van der Waals surface area contributed by atoms with Crippen LogP contribution in [0.4, 0.5) is 8.78 Å². The number of alkyl halides is 2. The summed E-state index contributed by atoms with van der Waals surface area (Å²) in [4.78, 5) is 2.25. The van der Waals surface area contributed by atoms with Crippen molar-refractivity contribution in [3.8, 4) is 0 Å². The van der Waals surface area contributed by atoms with Gasteiger partial charge in [-0.05, 0) is 31.2 Å². The number of likely N-dealkylation sites (N-methyl/N-ethyl adjacent to an activating group) is 1. The summed E-state index contributed by atoms with van der Waals surface area (Å²) >= 11 is 0. The van der Waals surface area contributed by atoms with Crippen molar-refractivity contribution in [2.75, 3.05) is 26.7 Å². The Morgan fingerprint density at radius 1 is 1.29 bits per heavy atom. The van der Waals surface area contributed by atoms with Crippen molar-refractivity contribution in [3.05, 3.63) is 0 Å². The highest BCUT2D eigenvalue weighted by atomic mass is 19.3. The Hall–Kier alpha value is -0.220. The van der Waals surface area contributed by atoms with Crippen LogP contribution in [0, 0.1) is 11.3 Å². The summed E-state index contributed by atoms with van der Waals surface area (Å²) in [6.07, 6.45) is -0.0678. The monoisotopic (exact) mass is 248 g/mol. The molecule has 0 aromatic carbocycles. The quantitative estimate of drug-likeness (QED) is 0.822. The minimum absolute atomic E-state index is 0.180. The van der Waals surface area contributed by atoms with Crippen LogP contribution in [-0.4, -0.2) is 44.0 Å². The summed E-state index contributed by atoms with van der Waals surface area (Å²) in [5.41, 5.74) is 0.316. The van der Waals surface area contributed by atoms with Crippen LogP contribution in [0.2, 0.25) is 0 Å². The van der Waals surface area contributed by atoms with Gasteiger partial charge in [-0.3, -0.25) is 0 Å². The van der Waals surface area contributed by atoms with Gasteiger partial charge in [-0.15, -0.1) is 0 Å². The number of hydrogen-bond donors (Lipinski definition) is 1. The second kappa shape index (κ2) is 6.10. The number of hydrogen-bond acceptors (Lipinski definition) is 2. The van der Waals surface area contributed by atoms with E-state index in [1.807, 2.05) is 0 Å². The third-order valence-corrected chi connectivity index (χ3v) is 3.18. The fourth-order valence-electron chi connectivity index (χ4n) is 2.86. The summed E-state index contributed by atoms with van der Waals surface area (Å²) in [6, 6.07) is 0.218. The van der Waals surface area contributed by atoms with E-state index < -0.39 is 6.43 Å². The van der Waals surface area contributed by atoms with E-state index in [0.29, 0.717) is 11.3 Å². The predicted octanol–water partition coefficient (Wildman–Crippen LogP) is 2.60. The van der Waals surface area contributed by atoms with Crippen LogP contribution >= 0.6 is 0 Å². The minimum atomic E-state index is -2.25. The van der Waals surface area contributed by atoms with E-state index in [4.69, 9.17) is 0 Å². The molecular weight excluding hydrogens is 222 g/mol. The number of rotatable bonds is 4. The van der Waals surface area contributed by atoms with Crippen molar-refractivity contribution in [2.45, 2.75) is 46.1 Å². The molecule has 1 fully saturated rings. The van der Waals surface area contributed by atoms with E-state index in [2.05, 4.69) is 38.0 Å². The molecule has 1 rings (SSSR count). The fourth-order valence-corrected chi connectivity index (χ4v) is 2.86. The lowest BCUT2D eigenvalue weighted by atomic mass is 9.80. The second-order valence-corrected chi connectivity index (χ2v) is 6.58. The molecule has 2 nitrogen and oxygen atoms in total. The Labute approximate surface area is 104 Å². The molecule has 0 aromatic heterocycles. The van der Waals surface area contributed by atoms with Gasteiger partial charge in [-0.2, -0.15) is 0 Å².